The molecule has 0 amide bonds. The summed E-state index contributed by atoms with van der Waals surface area (Å²) in [6.45, 7) is 3.88. The van der Waals surface area contributed by atoms with Crippen LogP contribution in [0.2, 0.25) is 10.0 Å². The van der Waals surface area contributed by atoms with Gasteiger partial charge in [0.1, 0.15) is 42.0 Å². The third-order valence-electron chi connectivity index (χ3n) is 11.5. The Balaban J connectivity index is 0.000000210. The fourth-order valence-electron chi connectivity index (χ4n) is 7.36. The molecule has 9 rings (SSSR count). The van der Waals surface area contributed by atoms with Crippen LogP contribution in [0.3, 0.4) is 0 Å². The van der Waals surface area contributed by atoms with Crippen LogP contribution in [0.4, 0.5) is 4.39 Å². The van der Waals surface area contributed by atoms with Crippen LogP contribution in [-0.4, -0.2) is 59.5 Å². The van der Waals surface area contributed by atoms with Crippen molar-refractivity contribution in [2.24, 2.45) is 0 Å². The second kappa shape index (κ2) is 26.1. The SMILES string of the molecule is COc1ccc(COc2nc(-c3ccc(F)cc3)ncc2Cn2cnc(C)c(Oc3cc(Cl)cc(C#N)c3)c2=O)cc1.COc1ccc(COc2nc(SC)ncc2Cn2cnc(C)c(Oc3cc(Cl)cc(C#N)c3)c2=O)cc1. The Labute approximate surface area is 466 Å². The number of ether oxygens (including phenoxy) is 6. The second-order valence-electron chi connectivity index (χ2n) is 17.0. The first-order valence-corrected chi connectivity index (χ1v) is 25.6. The Hall–Kier alpha value is -9.34. The molecule has 18 nitrogen and oxygen atoms in total. The summed E-state index contributed by atoms with van der Waals surface area (Å²) in [5.41, 5.74) is 3.96. The van der Waals surface area contributed by atoms with Gasteiger partial charge in [0, 0.05) is 28.0 Å². The Morgan fingerprint density at radius 1 is 0.595 bits per heavy atom. The third-order valence-corrected chi connectivity index (χ3v) is 12.5. The van der Waals surface area contributed by atoms with E-state index in [9.17, 15) is 24.5 Å². The molecule has 0 radical (unpaired) electrons. The van der Waals surface area contributed by atoms with Crippen LogP contribution in [0, 0.1) is 42.3 Å². The molecule has 9 aromatic rings. The molecular formula is C57H45Cl2FN10O8S. The number of aryl methyl sites for hydroxylation is 2. The van der Waals surface area contributed by atoms with Crippen molar-refractivity contribution >= 4 is 35.0 Å². The fourth-order valence-corrected chi connectivity index (χ4v) is 8.14. The van der Waals surface area contributed by atoms with Crippen molar-refractivity contribution in [3.63, 3.8) is 0 Å². The van der Waals surface area contributed by atoms with Gasteiger partial charge in [0.15, 0.2) is 11.0 Å². The van der Waals surface area contributed by atoms with Gasteiger partial charge < -0.3 is 28.4 Å². The maximum absolute atomic E-state index is 13.5. The van der Waals surface area contributed by atoms with E-state index >= 15 is 0 Å². The molecule has 0 aliphatic rings. The van der Waals surface area contributed by atoms with Gasteiger partial charge in [-0.1, -0.05) is 59.2 Å². The first kappa shape index (κ1) is 55.9. The molecule has 0 saturated carbocycles. The maximum atomic E-state index is 13.5. The minimum atomic E-state index is -0.468. The molecule has 0 saturated heterocycles. The average Bonchev–Trinajstić information content (AvgIpc) is 3.50. The highest BCUT2D eigenvalue weighted by Gasteiger charge is 2.19. The van der Waals surface area contributed by atoms with Gasteiger partial charge in [0.25, 0.3) is 11.1 Å². The predicted molar refractivity (Wildman–Crippen MR) is 293 cm³/mol. The van der Waals surface area contributed by atoms with Gasteiger partial charge in [0.2, 0.25) is 23.3 Å². The van der Waals surface area contributed by atoms with E-state index in [1.165, 1.54) is 82.1 Å². The van der Waals surface area contributed by atoms with Crippen LogP contribution >= 0.6 is 35.0 Å². The largest absolute Gasteiger partial charge is 0.497 e. The third kappa shape index (κ3) is 14.6. The molecular weight excluding hydrogens is 1070 g/mol. The number of nitriles is 2. The molecule has 0 bridgehead atoms. The summed E-state index contributed by atoms with van der Waals surface area (Å²) in [5.74, 6) is 2.52. The average molecular weight is 1120 g/mol. The van der Waals surface area contributed by atoms with Crippen molar-refractivity contribution in [2.45, 2.75) is 45.3 Å². The molecule has 4 aromatic heterocycles. The molecule has 22 heteroatoms. The summed E-state index contributed by atoms with van der Waals surface area (Å²) in [5, 5.41) is 19.6. The maximum Gasteiger partial charge on any atom is 0.296 e. The van der Waals surface area contributed by atoms with E-state index in [0.717, 1.165) is 16.9 Å². The van der Waals surface area contributed by atoms with Crippen LogP contribution < -0.4 is 39.5 Å². The molecule has 0 spiro atoms. The van der Waals surface area contributed by atoms with Crippen LogP contribution in [-0.2, 0) is 26.3 Å². The standard InChI is InChI=1S/C31H23ClFN5O4.C26H22ClN5O4S/c1-19-28(42-27-12-21(14-34)11-24(32)13-27)31(39)38(18-36-19)16-23-15-35-29(22-5-7-25(33)8-6-22)37-30(23)41-17-20-3-9-26(40-2)10-4-20;1-16-23(36-22-9-18(11-28)8-20(27)10-22)25(33)32(15-30-16)13-19-12-29-26(37-3)31-24(19)35-14-17-4-6-21(34-2)7-5-17/h3-13,15,18H,16-17H2,1-2H3;4-10,12,15H,13-14H2,1-3H3. The number of hydrogen-bond donors (Lipinski definition) is 0. The van der Waals surface area contributed by atoms with E-state index < -0.39 is 11.1 Å². The topological polar surface area (TPSA) is 224 Å². The van der Waals surface area contributed by atoms with E-state index in [1.807, 2.05) is 66.9 Å². The predicted octanol–water partition coefficient (Wildman–Crippen LogP) is 11.1. The van der Waals surface area contributed by atoms with E-state index in [0.29, 0.717) is 66.3 Å². The van der Waals surface area contributed by atoms with Gasteiger partial charge in [-0.15, -0.1) is 0 Å². The number of rotatable bonds is 18. The van der Waals surface area contributed by atoms with E-state index in [2.05, 4.69) is 29.9 Å². The van der Waals surface area contributed by atoms with Gasteiger partial charge in [-0.3, -0.25) is 18.7 Å². The highest BCUT2D eigenvalue weighted by atomic mass is 35.5. The van der Waals surface area contributed by atoms with Crippen LogP contribution in [0.15, 0.2) is 149 Å². The molecule has 398 valence electrons. The summed E-state index contributed by atoms with van der Waals surface area (Å²) < 4.78 is 50.4. The Bertz CT molecular complexity index is 3860. The van der Waals surface area contributed by atoms with E-state index in [1.54, 1.807) is 52.6 Å². The molecule has 5 aromatic carbocycles. The summed E-state index contributed by atoms with van der Waals surface area (Å²) in [6, 6.07) is 33.7. The number of thioether (sulfide) groups is 1. The number of methoxy groups -OCH3 is 2. The highest BCUT2D eigenvalue weighted by molar-refractivity contribution is 7.98. The van der Waals surface area contributed by atoms with E-state index in [4.69, 9.17) is 51.6 Å². The molecule has 0 aliphatic heterocycles. The normalized spacial score (nSPS) is 10.6. The Morgan fingerprint density at radius 2 is 1.05 bits per heavy atom. The number of nitrogens with zero attached hydrogens (tertiary/aromatic N) is 10. The summed E-state index contributed by atoms with van der Waals surface area (Å²) >= 11 is 13.6. The minimum absolute atomic E-state index is 0.0170. The van der Waals surface area contributed by atoms with Gasteiger partial charge in [-0.25, -0.2) is 24.3 Å². The lowest BCUT2D eigenvalue weighted by atomic mass is 10.2. The zero-order chi connectivity index (χ0) is 56.0. The molecule has 0 fully saturated rings. The highest BCUT2D eigenvalue weighted by Crippen LogP contribution is 2.29. The Morgan fingerprint density at radius 3 is 1.49 bits per heavy atom. The number of aromatic nitrogens is 8. The lowest BCUT2D eigenvalue weighted by Crippen LogP contribution is -2.24. The molecule has 79 heavy (non-hydrogen) atoms. The van der Waals surface area contributed by atoms with Crippen molar-refractivity contribution in [2.75, 3.05) is 20.5 Å². The van der Waals surface area contributed by atoms with Gasteiger partial charge >= 0.3 is 0 Å². The molecule has 0 aliphatic carbocycles. The van der Waals surface area contributed by atoms with Gasteiger partial charge in [-0.2, -0.15) is 20.5 Å². The second-order valence-corrected chi connectivity index (χ2v) is 18.6. The number of hydrogen-bond acceptors (Lipinski definition) is 17. The quantitative estimate of drug-likeness (QED) is 0.0575. The van der Waals surface area contributed by atoms with Crippen molar-refractivity contribution in [3.05, 3.63) is 216 Å². The first-order chi connectivity index (χ1) is 38.2. The van der Waals surface area contributed by atoms with Crippen molar-refractivity contribution in [1.29, 1.82) is 10.5 Å². The van der Waals surface area contributed by atoms with Crippen LogP contribution in [0.1, 0.15) is 44.8 Å². The van der Waals surface area contributed by atoms with Gasteiger partial charge in [0.05, 0.1) is 85.7 Å². The molecule has 0 N–H and O–H groups in total. The number of halogens is 3. The summed E-state index contributed by atoms with van der Waals surface area (Å²) in [4.78, 5) is 53.3. The van der Waals surface area contributed by atoms with Gasteiger partial charge in [-0.05, 0) is 116 Å². The van der Waals surface area contributed by atoms with Crippen molar-refractivity contribution in [1.82, 2.24) is 39.0 Å². The Kier molecular flexibility index (Phi) is 18.5. The monoisotopic (exact) mass is 1120 g/mol. The first-order valence-electron chi connectivity index (χ1n) is 23.6. The van der Waals surface area contributed by atoms with Crippen LogP contribution in [0.5, 0.6) is 46.3 Å². The van der Waals surface area contributed by atoms with Crippen molar-refractivity contribution < 1.29 is 32.8 Å². The molecule has 0 unspecified atom stereocenters. The summed E-state index contributed by atoms with van der Waals surface area (Å²) in [6.07, 6.45) is 7.88. The minimum Gasteiger partial charge on any atom is -0.497 e. The molecule has 0 atom stereocenters. The molecule has 4 heterocycles. The van der Waals surface area contributed by atoms with E-state index in [-0.39, 0.29) is 66.6 Å². The van der Waals surface area contributed by atoms with Crippen molar-refractivity contribution in [3.8, 4) is 69.8 Å². The zero-order valence-corrected chi connectivity index (χ0v) is 45.1. The van der Waals surface area contributed by atoms with Crippen LogP contribution in [0.25, 0.3) is 11.4 Å². The lowest BCUT2D eigenvalue weighted by Gasteiger charge is -2.15. The fraction of sp³-hybridized carbons (Fsp3) is 0.158. The smallest absolute Gasteiger partial charge is 0.296 e. The summed E-state index contributed by atoms with van der Waals surface area (Å²) in [7, 11) is 3.20. The lowest BCUT2D eigenvalue weighted by molar-refractivity contribution is 0.285. The zero-order valence-electron chi connectivity index (χ0n) is 42.8. The number of benzene rings is 5.